The summed E-state index contributed by atoms with van der Waals surface area (Å²) in [7, 11) is 0. The summed E-state index contributed by atoms with van der Waals surface area (Å²) >= 11 is 5.85. The molecule has 1 atom stereocenters. The first-order chi connectivity index (χ1) is 10.0. The number of aromatic amines is 1. The molecule has 1 aromatic carbocycles. The Balaban J connectivity index is 1.82. The Hall–Kier alpha value is -1.92. The van der Waals surface area contributed by atoms with Gasteiger partial charge in [0.05, 0.1) is 17.4 Å². The molecule has 0 bridgehead atoms. The van der Waals surface area contributed by atoms with Crippen LogP contribution in [0.1, 0.15) is 18.7 Å². The monoisotopic (exact) mass is 307 g/mol. The Morgan fingerprint density at radius 1 is 1.52 bits per heavy atom. The van der Waals surface area contributed by atoms with Gasteiger partial charge in [0.15, 0.2) is 0 Å². The highest BCUT2D eigenvalue weighted by molar-refractivity contribution is 6.31. The van der Waals surface area contributed by atoms with Crippen molar-refractivity contribution in [3.05, 3.63) is 39.4 Å². The molecule has 7 heteroatoms. The predicted molar refractivity (Wildman–Crippen MR) is 78.4 cm³/mol. The third kappa shape index (κ3) is 3.06. The van der Waals surface area contributed by atoms with Crippen LogP contribution in [0.25, 0.3) is 10.9 Å². The molecule has 110 valence electrons. The van der Waals surface area contributed by atoms with Crippen molar-refractivity contribution in [1.82, 2.24) is 15.3 Å². The van der Waals surface area contributed by atoms with Crippen molar-refractivity contribution >= 4 is 28.5 Å². The van der Waals surface area contributed by atoms with Gasteiger partial charge in [-0.3, -0.25) is 14.9 Å². The number of fused-ring (bicyclic) bond motifs is 1. The van der Waals surface area contributed by atoms with Crippen molar-refractivity contribution < 1.29 is 9.90 Å². The molecule has 0 radical (unpaired) electrons. The zero-order valence-corrected chi connectivity index (χ0v) is 11.9. The maximum atomic E-state index is 12.0. The van der Waals surface area contributed by atoms with Gasteiger partial charge in [-0.15, -0.1) is 0 Å². The molecule has 1 fully saturated rings. The van der Waals surface area contributed by atoms with Gasteiger partial charge in [0.25, 0.3) is 5.56 Å². The number of nitrogens with one attached hydrogen (secondary N) is 2. The molecule has 1 heterocycles. The second-order valence-electron chi connectivity index (χ2n) is 5.21. The van der Waals surface area contributed by atoms with Gasteiger partial charge in [-0.2, -0.15) is 0 Å². The molecule has 0 spiro atoms. The lowest BCUT2D eigenvalue weighted by molar-refractivity contribution is -0.140. The number of rotatable bonds is 5. The molecule has 1 aliphatic carbocycles. The summed E-state index contributed by atoms with van der Waals surface area (Å²) in [5.74, 6) is -0.275. The van der Waals surface area contributed by atoms with Crippen molar-refractivity contribution in [2.45, 2.75) is 25.4 Å². The van der Waals surface area contributed by atoms with Crippen LogP contribution in [0.4, 0.5) is 0 Å². The number of benzene rings is 1. The number of aromatic nitrogens is 2. The Morgan fingerprint density at radius 2 is 2.29 bits per heavy atom. The zero-order chi connectivity index (χ0) is 15.0. The predicted octanol–water partition coefficient (Wildman–Crippen LogP) is 1.53. The second-order valence-corrected chi connectivity index (χ2v) is 5.64. The second kappa shape index (κ2) is 5.46. The van der Waals surface area contributed by atoms with E-state index < -0.39 is 12.0 Å². The molecule has 0 amide bonds. The number of hydrogen-bond donors (Lipinski definition) is 3. The Kier molecular flexibility index (Phi) is 3.65. The normalized spacial score (nSPS) is 16.0. The number of carbonyl (C=O) groups is 1. The van der Waals surface area contributed by atoms with E-state index in [0.717, 1.165) is 12.8 Å². The van der Waals surface area contributed by atoms with E-state index in [4.69, 9.17) is 16.7 Å². The highest BCUT2D eigenvalue weighted by atomic mass is 35.5. The summed E-state index contributed by atoms with van der Waals surface area (Å²) in [5, 5.41) is 13.0. The molecule has 21 heavy (non-hydrogen) atoms. The molecule has 3 N–H and O–H groups in total. The molecule has 0 aliphatic heterocycles. The largest absolute Gasteiger partial charge is 0.480 e. The van der Waals surface area contributed by atoms with Crippen molar-refractivity contribution in [3.63, 3.8) is 0 Å². The molecule has 1 saturated carbocycles. The molecule has 6 nitrogen and oxygen atoms in total. The Labute approximate surface area is 125 Å². The van der Waals surface area contributed by atoms with Crippen molar-refractivity contribution in [3.8, 4) is 0 Å². The quantitative estimate of drug-likeness (QED) is 0.778. The maximum absolute atomic E-state index is 12.0. The highest BCUT2D eigenvalue weighted by Crippen LogP contribution is 2.32. The fraction of sp³-hybridized carbons (Fsp3) is 0.357. The minimum absolute atomic E-state index is 0.175. The maximum Gasteiger partial charge on any atom is 0.320 e. The first-order valence-electron chi connectivity index (χ1n) is 6.69. The van der Waals surface area contributed by atoms with Crippen LogP contribution in [0.3, 0.4) is 0 Å². The molecule has 0 saturated heterocycles. The summed E-state index contributed by atoms with van der Waals surface area (Å²) in [4.78, 5) is 30.1. The van der Waals surface area contributed by atoms with Gasteiger partial charge in [0, 0.05) is 5.02 Å². The first kappa shape index (κ1) is 14.0. The molecular weight excluding hydrogens is 294 g/mol. The number of halogens is 1. The van der Waals surface area contributed by atoms with Crippen LogP contribution in [0.2, 0.25) is 5.02 Å². The fourth-order valence-electron chi connectivity index (χ4n) is 2.33. The molecule has 1 unspecified atom stereocenters. The van der Waals surface area contributed by atoms with Crippen LogP contribution in [0.15, 0.2) is 23.0 Å². The van der Waals surface area contributed by atoms with E-state index in [0.29, 0.717) is 21.7 Å². The lowest BCUT2D eigenvalue weighted by Gasteiger charge is -2.13. The van der Waals surface area contributed by atoms with Gasteiger partial charge in [-0.25, -0.2) is 4.98 Å². The van der Waals surface area contributed by atoms with Gasteiger partial charge in [-0.1, -0.05) is 11.6 Å². The smallest absolute Gasteiger partial charge is 0.320 e. The minimum atomic E-state index is -0.868. The number of hydrogen-bond acceptors (Lipinski definition) is 4. The van der Waals surface area contributed by atoms with E-state index in [-0.39, 0.29) is 18.0 Å². The van der Waals surface area contributed by atoms with Crippen LogP contribution >= 0.6 is 11.6 Å². The standard InChI is InChI=1S/C14H14ClN3O3/c15-8-3-4-10-9(5-8)13(19)18-11(17-10)6-16-12(14(20)21)7-1-2-7/h3-5,7,12,16H,1-2,6H2,(H,20,21)(H,17,18,19). The first-order valence-corrected chi connectivity index (χ1v) is 7.07. The average molecular weight is 308 g/mol. The van der Waals surface area contributed by atoms with Crippen LogP contribution in [-0.4, -0.2) is 27.1 Å². The van der Waals surface area contributed by atoms with E-state index in [1.165, 1.54) is 0 Å². The molecule has 3 rings (SSSR count). The van der Waals surface area contributed by atoms with Crippen LogP contribution in [0.5, 0.6) is 0 Å². The third-order valence-corrected chi connectivity index (χ3v) is 3.80. The zero-order valence-electron chi connectivity index (χ0n) is 11.1. The fourth-order valence-corrected chi connectivity index (χ4v) is 2.51. The number of carboxylic acid groups (broad SMARTS) is 1. The number of nitrogens with zero attached hydrogens (tertiary/aromatic N) is 1. The SMILES string of the molecule is O=C(O)C(NCc1nc2ccc(Cl)cc2c(=O)[nH]1)C1CC1. The minimum Gasteiger partial charge on any atom is -0.480 e. The lowest BCUT2D eigenvalue weighted by atomic mass is 10.2. The van der Waals surface area contributed by atoms with Crippen LogP contribution in [0, 0.1) is 5.92 Å². The number of aliphatic carboxylic acids is 1. The van der Waals surface area contributed by atoms with Crippen molar-refractivity contribution in [2.75, 3.05) is 0 Å². The molecule has 2 aromatic rings. The lowest BCUT2D eigenvalue weighted by Crippen LogP contribution is -2.38. The van der Waals surface area contributed by atoms with Gasteiger partial charge in [0.1, 0.15) is 11.9 Å². The topological polar surface area (TPSA) is 95.1 Å². The van der Waals surface area contributed by atoms with Gasteiger partial charge >= 0.3 is 5.97 Å². The summed E-state index contributed by atoms with van der Waals surface area (Å²) in [6.45, 7) is 0.210. The van der Waals surface area contributed by atoms with E-state index >= 15 is 0 Å². The summed E-state index contributed by atoms with van der Waals surface area (Å²) in [5.41, 5.74) is 0.260. The van der Waals surface area contributed by atoms with E-state index in [1.807, 2.05) is 0 Å². The summed E-state index contributed by atoms with van der Waals surface area (Å²) < 4.78 is 0. The van der Waals surface area contributed by atoms with Gasteiger partial charge in [-0.05, 0) is 37.0 Å². The van der Waals surface area contributed by atoms with Crippen LogP contribution < -0.4 is 10.9 Å². The van der Waals surface area contributed by atoms with E-state index in [9.17, 15) is 9.59 Å². The highest BCUT2D eigenvalue weighted by Gasteiger charge is 2.35. The van der Waals surface area contributed by atoms with Gasteiger partial charge < -0.3 is 10.1 Å². The van der Waals surface area contributed by atoms with Crippen molar-refractivity contribution in [2.24, 2.45) is 5.92 Å². The summed E-state index contributed by atoms with van der Waals surface area (Å²) in [6.07, 6.45) is 1.84. The number of H-pyrrole nitrogens is 1. The van der Waals surface area contributed by atoms with Crippen LogP contribution in [-0.2, 0) is 11.3 Å². The van der Waals surface area contributed by atoms with E-state index in [2.05, 4.69) is 15.3 Å². The van der Waals surface area contributed by atoms with Gasteiger partial charge in [0.2, 0.25) is 0 Å². The molecular formula is C14H14ClN3O3. The summed E-state index contributed by atoms with van der Waals surface area (Å²) in [6, 6.07) is 4.31. The Morgan fingerprint density at radius 3 is 2.95 bits per heavy atom. The van der Waals surface area contributed by atoms with Crippen molar-refractivity contribution in [1.29, 1.82) is 0 Å². The average Bonchev–Trinajstić information content (AvgIpc) is 3.24. The number of carboxylic acids is 1. The van der Waals surface area contributed by atoms with E-state index in [1.54, 1.807) is 18.2 Å². The molecule has 1 aliphatic rings. The Bertz CT molecular complexity index is 755. The molecule has 1 aromatic heterocycles. The third-order valence-electron chi connectivity index (χ3n) is 3.57.